The number of rotatable bonds is 8. The monoisotopic (exact) mass is 452 g/mol. The normalized spacial score (nSPS) is 14.3. The fourth-order valence-electron chi connectivity index (χ4n) is 3.99. The summed E-state index contributed by atoms with van der Waals surface area (Å²) in [6, 6.07) is 25.2. The number of fused-ring (bicyclic) bond motifs is 1. The van der Waals surface area contributed by atoms with E-state index in [-0.39, 0.29) is 0 Å². The molecule has 0 fully saturated rings. The maximum absolute atomic E-state index is 12.5. The molecule has 0 saturated carbocycles. The van der Waals surface area contributed by atoms with Crippen LogP contribution in [0.2, 0.25) is 0 Å². The largest absolute Gasteiger partial charge is 0.493 e. The first-order valence-electron chi connectivity index (χ1n) is 11.1. The van der Waals surface area contributed by atoms with Crippen molar-refractivity contribution < 1.29 is 19.0 Å². The maximum atomic E-state index is 12.5. The van der Waals surface area contributed by atoms with Crippen molar-refractivity contribution >= 4 is 28.8 Å². The summed E-state index contributed by atoms with van der Waals surface area (Å²) < 4.78 is 18.8. The fourth-order valence-corrected chi connectivity index (χ4v) is 3.99. The molecule has 1 aliphatic rings. The van der Waals surface area contributed by atoms with Gasteiger partial charge in [0, 0.05) is 34.8 Å². The molecular weight excluding hydrogens is 428 g/mol. The predicted octanol–water partition coefficient (Wildman–Crippen LogP) is 5.46. The third kappa shape index (κ3) is 4.43. The lowest BCUT2D eigenvalue weighted by atomic mass is 10.1. The van der Waals surface area contributed by atoms with E-state index in [2.05, 4.69) is 15.6 Å². The molecule has 0 bridgehead atoms. The van der Waals surface area contributed by atoms with Gasteiger partial charge in [0.25, 0.3) is 0 Å². The van der Waals surface area contributed by atoms with Crippen LogP contribution in [0.25, 0.3) is 17.0 Å². The molecule has 6 heteroatoms. The summed E-state index contributed by atoms with van der Waals surface area (Å²) in [4.78, 5) is 16.9. The number of aromatic nitrogens is 1. The third-order valence-electron chi connectivity index (χ3n) is 5.62. The molecule has 0 aliphatic carbocycles. The van der Waals surface area contributed by atoms with Crippen molar-refractivity contribution in [2.45, 2.75) is 13.0 Å². The van der Waals surface area contributed by atoms with E-state index in [9.17, 15) is 4.79 Å². The fraction of sp³-hybridized carbons (Fsp3) is 0.143. The van der Waals surface area contributed by atoms with Crippen molar-refractivity contribution in [1.82, 2.24) is 4.57 Å². The van der Waals surface area contributed by atoms with E-state index in [0.717, 1.165) is 46.5 Å². The van der Waals surface area contributed by atoms with Gasteiger partial charge in [0.15, 0.2) is 17.2 Å². The maximum Gasteiger partial charge on any atom is 0.363 e. The Morgan fingerprint density at radius 3 is 2.50 bits per heavy atom. The Bertz CT molecular complexity index is 1390. The molecule has 0 radical (unpaired) electrons. The van der Waals surface area contributed by atoms with Gasteiger partial charge in [-0.05, 0) is 42.8 Å². The number of hydrogen-bond acceptors (Lipinski definition) is 5. The second-order valence-electron chi connectivity index (χ2n) is 7.85. The number of para-hydroxylation sites is 3. The number of carbonyl (C=O) groups is 1. The van der Waals surface area contributed by atoms with Crippen molar-refractivity contribution in [3.63, 3.8) is 0 Å². The first kappa shape index (κ1) is 21.5. The van der Waals surface area contributed by atoms with Crippen LogP contribution in [0.15, 0.2) is 95.7 Å². The van der Waals surface area contributed by atoms with Crippen molar-refractivity contribution in [3.05, 3.63) is 102 Å². The van der Waals surface area contributed by atoms with E-state index in [1.54, 1.807) is 13.2 Å². The Balaban J connectivity index is 1.35. The molecule has 5 rings (SSSR count). The molecule has 0 unspecified atom stereocenters. The lowest BCUT2D eigenvalue weighted by molar-refractivity contribution is -0.129. The zero-order valence-corrected chi connectivity index (χ0v) is 18.8. The number of esters is 1. The van der Waals surface area contributed by atoms with Gasteiger partial charge < -0.3 is 18.8 Å². The van der Waals surface area contributed by atoms with Crippen LogP contribution in [0.4, 0.5) is 0 Å². The Kier molecular flexibility index (Phi) is 6.12. The molecule has 0 atom stereocenters. The number of cyclic esters (lactones) is 1. The number of ether oxygens (including phenoxy) is 3. The summed E-state index contributed by atoms with van der Waals surface area (Å²) in [6.07, 6.45) is 4.65. The van der Waals surface area contributed by atoms with Crippen LogP contribution in [0.1, 0.15) is 17.5 Å². The summed E-state index contributed by atoms with van der Waals surface area (Å²) in [5.41, 5.74) is 3.08. The second-order valence-corrected chi connectivity index (χ2v) is 7.85. The van der Waals surface area contributed by atoms with Crippen molar-refractivity contribution in [3.8, 4) is 11.5 Å². The zero-order chi connectivity index (χ0) is 23.3. The number of nitrogens with zero attached hydrogens (tertiary/aromatic N) is 2. The zero-order valence-electron chi connectivity index (χ0n) is 18.8. The van der Waals surface area contributed by atoms with Crippen LogP contribution in [0, 0.1) is 0 Å². The average Bonchev–Trinajstić information content (AvgIpc) is 3.43. The van der Waals surface area contributed by atoms with Crippen LogP contribution >= 0.6 is 0 Å². The second kappa shape index (κ2) is 9.67. The molecule has 0 spiro atoms. The van der Waals surface area contributed by atoms with E-state index in [1.807, 2.05) is 79.0 Å². The molecule has 0 saturated heterocycles. The topological polar surface area (TPSA) is 62.1 Å². The summed E-state index contributed by atoms with van der Waals surface area (Å²) >= 11 is 0. The number of aliphatic imine (C=N–C) groups is 1. The van der Waals surface area contributed by atoms with Gasteiger partial charge in [-0.2, -0.15) is 0 Å². The van der Waals surface area contributed by atoms with Crippen LogP contribution in [0.5, 0.6) is 11.5 Å². The molecule has 3 aromatic carbocycles. The molecule has 1 aromatic heterocycles. The first-order chi connectivity index (χ1) is 16.7. The molecule has 6 nitrogen and oxygen atoms in total. The number of aryl methyl sites for hydroxylation is 1. The van der Waals surface area contributed by atoms with Gasteiger partial charge in [0.1, 0.15) is 0 Å². The first-order valence-corrected chi connectivity index (χ1v) is 11.1. The highest BCUT2D eigenvalue weighted by molar-refractivity contribution is 6.13. The number of benzene rings is 3. The summed E-state index contributed by atoms with van der Waals surface area (Å²) in [5, 5.41) is 1.05. The van der Waals surface area contributed by atoms with Crippen molar-refractivity contribution in [2.75, 3.05) is 13.7 Å². The Morgan fingerprint density at radius 1 is 0.941 bits per heavy atom. The van der Waals surface area contributed by atoms with Crippen LogP contribution in [-0.4, -0.2) is 30.2 Å². The minimum Gasteiger partial charge on any atom is -0.493 e. The SMILES string of the molecule is COc1ccccc1OCCCn1cc(C=C2N=C(c3ccccc3)OC2=O)c2ccccc21. The van der Waals surface area contributed by atoms with E-state index >= 15 is 0 Å². The summed E-state index contributed by atoms with van der Waals surface area (Å²) in [5.74, 6) is 1.34. The highest BCUT2D eigenvalue weighted by atomic mass is 16.6. The van der Waals surface area contributed by atoms with Crippen molar-refractivity contribution in [1.29, 1.82) is 0 Å². The van der Waals surface area contributed by atoms with E-state index in [4.69, 9.17) is 14.2 Å². The lowest BCUT2D eigenvalue weighted by Gasteiger charge is -2.10. The van der Waals surface area contributed by atoms with E-state index in [0.29, 0.717) is 18.2 Å². The molecule has 170 valence electrons. The summed E-state index contributed by atoms with van der Waals surface area (Å²) in [6.45, 7) is 1.32. The van der Waals surface area contributed by atoms with Crippen LogP contribution in [-0.2, 0) is 16.1 Å². The average molecular weight is 453 g/mol. The number of hydrogen-bond donors (Lipinski definition) is 0. The minimum absolute atomic E-state index is 0.293. The number of carbonyl (C=O) groups excluding carboxylic acids is 1. The summed E-state index contributed by atoms with van der Waals surface area (Å²) in [7, 11) is 1.64. The van der Waals surface area contributed by atoms with Gasteiger partial charge in [0.2, 0.25) is 5.90 Å². The minimum atomic E-state index is -0.444. The standard InChI is InChI=1S/C28H24N2O4/c1-32-25-14-7-8-15-26(25)33-17-9-16-30-19-21(22-12-5-6-13-24(22)30)18-23-28(31)34-27(29-23)20-10-3-2-4-11-20/h2-8,10-15,18-19H,9,16-17H2,1H3. The van der Waals surface area contributed by atoms with E-state index < -0.39 is 5.97 Å². The lowest BCUT2D eigenvalue weighted by Crippen LogP contribution is -2.05. The van der Waals surface area contributed by atoms with Gasteiger partial charge >= 0.3 is 5.97 Å². The Labute approximate surface area is 197 Å². The third-order valence-corrected chi connectivity index (χ3v) is 5.62. The smallest absolute Gasteiger partial charge is 0.363 e. The van der Waals surface area contributed by atoms with Crippen molar-refractivity contribution in [2.24, 2.45) is 4.99 Å². The molecule has 34 heavy (non-hydrogen) atoms. The highest BCUT2D eigenvalue weighted by Gasteiger charge is 2.24. The van der Waals surface area contributed by atoms with Gasteiger partial charge in [-0.15, -0.1) is 0 Å². The highest BCUT2D eigenvalue weighted by Crippen LogP contribution is 2.28. The van der Waals surface area contributed by atoms with Gasteiger partial charge in [-0.1, -0.05) is 48.5 Å². The molecule has 2 heterocycles. The number of methoxy groups -OCH3 is 1. The molecule has 0 amide bonds. The van der Waals surface area contributed by atoms with Gasteiger partial charge in [-0.3, -0.25) is 0 Å². The molecule has 1 aliphatic heterocycles. The van der Waals surface area contributed by atoms with Gasteiger partial charge in [0.05, 0.1) is 13.7 Å². The van der Waals surface area contributed by atoms with Crippen LogP contribution < -0.4 is 9.47 Å². The van der Waals surface area contributed by atoms with E-state index in [1.165, 1.54) is 0 Å². The van der Waals surface area contributed by atoms with Crippen LogP contribution in [0.3, 0.4) is 0 Å². The molecule has 0 N–H and O–H groups in total. The quantitative estimate of drug-likeness (QED) is 0.202. The van der Waals surface area contributed by atoms with Gasteiger partial charge in [-0.25, -0.2) is 9.79 Å². The predicted molar refractivity (Wildman–Crippen MR) is 132 cm³/mol. The Morgan fingerprint density at radius 2 is 1.68 bits per heavy atom. The molecular formula is C28H24N2O4. The Hall–Kier alpha value is -4.32. The molecule has 4 aromatic rings.